The predicted octanol–water partition coefficient (Wildman–Crippen LogP) is 3.19. The average molecular weight is 339 g/mol. The molecule has 2 aliphatic rings. The number of carbonyl (C=O) groups excluding carboxylic acids is 1. The van der Waals surface area contributed by atoms with Crippen molar-refractivity contribution in [2.24, 2.45) is 5.92 Å². The van der Waals surface area contributed by atoms with Gasteiger partial charge < -0.3 is 9.84 Å². The minimum Gasteiger partial charge on any atom is -0.355 e. The summed E-state index contributed by atoms with van der Waals surface area (Å²) in [7, 11) is 0. The summed E-state index contributed by atoms with van der Waals surface area (Å²) in [4.78, 5) is 16.9. The van der Waals surface area contributed by atoms with Crippen molar-refractivity contribution in [1.29, 1.82) is 0 Å². The van der Waals surface area contributed by atoms with Crippen LogP contribution in [0.25, 0.3) is 0 Å². The number of benzene rings is 1. The van der Waals surface area contributed by atoms with E-state index in [9.17, 15) is 4.79 Å². The Morgan fingerprint density at radius 1 is 1.16 bits per heavy atom. The van der Waals surface area contributed by atoms with E-state index < -0.39 is 0 Å². The lowest BCUT2D eigenvalue weighted by Gasteiger charge is -2.23. The van der Waals surface area contributed by atoms with Gasteiger partial charge in [-0.3, -0.25) is 4.79 Å². The Balaban J connectivity index is 1.25. The minimum atomic E-state index is 0.0780. The van der Waals surface area contributed by atoms with E-state index in [1.54, 1.807) is 0 Å². The molecule has 0 radical (unpaired) electrons. The van der Waals surface area contributed by atoms with E-state index in [0.29, 0.717) is 24.7 Å². The number of aromatic nitrogens is 2. The van der Waals surface area contributed by atoms with Gasteiger partial charge >= 0.3 is 0 Å². The third-order valence-electron chi connectivity index (χ3n) is 5.55. The van der Waals surface area contributed by atoms with Gasteiger partial charge in [-0.05, 0) is 43.2 Å². The predicted molar refractivity (Wildman–Crippen MR) is 94.2 cm³/mol. The van der Waals surface area contributed by atoms with Crippen molar-refractivity contribution in [2.45, 2.75) is 57.3 Å². The van der Waals surface area contributed by atoms with Crippen molar-refractivity contribution in [3.63, 3.8) is 0 Å². The maximum atomic E-state index is 12.4. The largest absolute Gasteiger partial charge is 0.355 e. The van der Waals surface area contributed by atoms with Crippen LogP contribution in [0.5, 0.6) is 0 Å². The lowest BCUT2D eigenvalue weighted by Crippen LogP contribution is -2.35. The topological polar surface area (TPSA) is 68.0 Å². The molecule has 1 N–H and O–H groups in total. The molecule has 0 spiro atoms. The van der Waals surface area contributed by atoms with Crippen LogP contribution in [0, 0.1) is 5.92 Å². The summed E-state index contributed by atoms with van der Waals surface area (Å²) in [5.74, 6) is 2.15. The Kier molecular flexibility index (Phi) is 4.81. The Hall–Kier alpha value is -2.17. The van der Waals surface area contributed by atoms with E-state index in [2.05, 4.69) is 39.7 Å². The van der Waals surface area contributed by atoms with Gasteiger partial charge in [0.05, 0.1) is 0 Å². The van der Waals surface area contributed by atoms with E-state index in [1.165, 1.54) is 24.0 Å². The highest BCUT2D eigenvalue weighted by Gasteiger charge is 2.25. The molecular formula is C20H25N3O2. The molecule has 132 valence electrons. The Morgan fingerprint density at radius 2 is 1.96 bits per heavy atom. The number of nitrogens with zero attached hydrogens (tertiary/aromatic N) is 2. The summed E-state index contributed by atoms with van der Waals surface area (Å²) in [5, 5.41) is 7.11. The van der Waals surface area contributed by atoms with Gasteiger partial charge in [0.25, 0.3) is 0 Å². The molecule has 1 unspecified atom stereocenters. The maximum absolute atomic E-state index is 12.4. The van der Waals surface area contributed by atoms with Crippen LogP contribution >= 0.6 is 0 Å². The maximum Gasteiger partial charge on any atom is 0.229 e. The van der Waals surface area contributed by atoms with Crippen molar-refractivity contribution in [3.05, 3.63) is 47.1 Å². The molecule has 25 heavy (non-hydrogen) atoms. The molecule has 1 saturated carbocycles. The van der Waals surface area contributed by atoms with Crippen molar-refractivity contribution in [2.75, 3.05) is 6.54 Å². The first-order chi connectivity index (χ1) is 12.3. The molecule has 2 aromatic rings. The molecule has 5 nitrogen and oxygen atoms in total. The summed E-state index contributed by atoms with van der Waals surface area (Å²) < 4.78 is 5.39. The number of rotatable bonds is 5. The molecule has 1 aromatic carbocycles. The number of nitrogens with one attached hydrogen (secondary N) is 1. The number of hydrogen-bond acceptors (Lipinski definition) is 4. The zero-order valence-corrected chi connectivity index (χ0v) is 14.5. The van der Waals surface area contributed by atoms with Crippen molar-refractivity contribution < 1.29 is 9.32 Å². The Labute approximate surface area is 148 Å². The van der Waals surface area contributed by atoms with E-state index in [4.69, 9.17) is 4.52 Å². The quantitative estimate of drug-likeness (QED) is 0.908. The second-order valence-electron chi connectivity index (χ2n) is 7.28. The molecule has 2 aliphatic carbocycles. The molecule has 4 rings (SSSR count). The second kappa shape index (κ2) is 7.38. The van der Waals surface area contributed by atoms with Crippen LogP contribution in [-0.2, 0) is 24.1 Å². The SMILES string of the molecule is O=C(NCCc1noc(C2CCCC2)n1)C1CCc2ccccc2C1. The van der Waals surface area contributed by atoms with E-state index in [0.717, 1.165) is 38.0 Å². The fraction of sp³-hybridized carbons (Fsp3) is 0.550. The van der Waals surface area contributed by atoms with Crippen LogP contribution in [0.3, 0.4) is 0 Å². The molecule has 1 aromatic heterocycles. The van der Waals surface area contributed by atoms with Gasteiger partial charge in [0.15, 0.2) is 5.82 Å². The highest BCUT2D eigenvalue weighted by Crippen LogP contribution is 2.32. The molecule has 0 saturated heterocycles. The summed E-state index contributed by atoms with van der Waals surface area (Å²) >= 11 is 0. The Bertz CT molecular complexity index is 734. The summed E-state index contributed by atoms with van der Waals surface area (Å²) in [6, 6.07) is 8.43. The first kappa shape index (κ1) is 16.3. The number of amides is 1. The van der Waals surface area contributed by atoms with Crippen LogP contribution < -0.4 is 5.32 Å². The van der Waals surface area contributed by atoms with Gasteiger partial charge in [-0.1, -0.05) is 42.3 Å². The monoisotopic (exact) mass is 339 g/mol. The van der Waals surface area contributed by atoms with Crippen molar-refractivity contribution in [1.82, 2.24) is 15.5 Å². The summed E-state index contributed by atoms with van der Waals surface area (Å²) in [5.41, 5.74) is 2.70. The zero-order valence-electron chi connectivity index (χ0n) is 14.5. The lowest BCUT2D eigenvalue weighted by atomic mass is 9.83. The van der Waals surface area contributed by atoms with Gasteiger partial charge in [0, 0.05) is 24.8 Å². The number of aryl methyl sites for hydroxylation is 1. The normalized spacial score (nSPS) is 20.4. The fourth-order valence-corrected chi connectivity index (χ4v) is 4.07. The molecule has 1 heterocycles. The third kappa shape index (κ3) is 3.75. The molecule has 1 atom stereocenters. The van der Waals surface area contributed by atoms with Gasteiger partial charge in [0.2, 0.25) is 11.8 Å². The van der Waals surface area contributed by atoms with Crippen LogP contribution in [-0.4, -0.2) is 22.6 Å². The van der Waals surface area contributed by atoms with E-state index in [-0.39, 0.29) is 11.8 Å². The molecule has 5 heteroatoms. The van der Waals surface area contributed by atoms with E-state index >= 15 is 0 Å². The smallest absolute Gasteiger partial charge is 0.229 e. The number of hydrogen-bond donors (Lipinski definition) is 1. The van der Waals surface area contributed by atoms with E-state index in [1.807, 2.05) is 0 Å². The van der Waals surface area contributed by atoms with Crippen LogP contribution in [0.4, 0.5) is 0 Å². The second-order valence-corrected chi connectivity index (χ2v) is 7.28. The van der Waals surface area contributed by atoms with Crippen LogP contribution in [0.2, 0.25) is 0 Å². The summed E-state index contributed by atoms with van der Waals surface area (Å²) in [6.07, 6.45) is 8.21. The van der Waals surface area contributed by atoms with Gasteiger partial charge in [-0.25, -0.2) is 0 Å². The average Bonchev–Trinajstić information content (AvgIpc) is 3.32. The lowest BCUT2D eigenvalue weighted by molar-refractivity contribution is -0.125. The third-order valence-corrected chi connectivity index (χ3v) is 5.55. The molecule has 0 aliphatic heterocycles. The fourth-order valence-electron chi connectivity index (χ4n) is 4.07. The molecule has 1 amide bonds. The Morgan fingerprint density at radius 3 is 2.80 bits per heavy atom. The molecular weight excluding hydrogens is 314 g/mol. The van der Waals surface area contributed by atoms with Crippen molar-refractivity contribution >= 4 is 5.91 Å². The van der Waals surface area contributed by atoms with Gasteiger partial charge in [-0.15, -0.1) is 0 Å². The summed E-state index contributed by atoms with van der Waals surface area (Å²) in [6.45, 7) is 0.570. The van der Waals surface area contributed by atoms with Crippen LogP contribution in [0.15, 0.2) is 28.8 Å². The van der Waals surface area contributed by atoms with Crippen LogP contribution in [0.1, 0.15) is 60.9 Å². The van der Waals surface area contributed by atoms with Crippen molar-refractivity contribution in [3.8, 4) is 0 Å². The first-order valence-electron chi connectivity index (χ1n) is 9.46. The molecule has 1 fully saturated rings. The highest BCUT2D eigenvalue weighted by atomic mass is 16.5. The zero-order chi connectivity index (χ0) is 17.1. The molecule has 0 bridgehead atoms. The van der Waals surface area contributed by atoms with Gasteiger partial charge in [0.1, 0.15) is 0 Å². The number of carbonyl (C=O) groups is 1. The highest BCUT2D eigenvalue weighted by molar-refractivity contribution is 5.79. The standard InChI is InChI=1S/C20H25N3O2/c24-19(17-10-9-14-5-1-4-8-16(14)13-17)21-12-11-18-22-20(25-23-18)15-6-2-3-7-15/h1,4-5,8,15,17H,2-3,6-7,9-13H2,(H,21,24). The minimum absolute atomic E-state index is 0.0780. The van der Waals surface area contributed by atoms with Gasteiger partial charge in [-0.2, -0.15) is 4.98 Å². The first-order valence-corrected chi connectivity index (χ1v) is 9.46. The number of fused-ring (bicyclic) bond motifs is 1.